The van der Waals surface area contributed by atoms with Gasteiger partial charge in [0.05, 0.1) is 0 Å². The Labute approximate surface area is 88.9 Å². The Balaban J connectivity index is 0.000000293. The van der Waals surface area contributed by atoms with Crippen molar-refractivity contribution in [2.24, 2.45) is 0 Å². The summed E-state index contributed by atoms with van der Waals surface area (Å²) < 4.78 is 61.4. The quantitative estimate of drug-likeness (QED) is 0.395. The first-order valence-corrected chi connectivity index (χ1v) is 6.34. The first-order valence-electron chi connectivity index (χ1n) is 4.31. The Bertz CT molecular complexity index is 345. The van der Waals surface area contributed by atoms with E-state index in [2.05, 4.69) is 42.8 Å². The standard InChI is InChI=1S/C8H12N.F6P/c1-3-9-7-5-4-6-8(9)2;1-7(2,3,4,5)6/h4-7H,3H2,1-2H3;/q+1;-1. The van der Waals surface area contributed by atoms with Crippen LogP contribution in [-0.4, -0.2) is 0 Å². The van der Waals surface area contributed by atoms with Crippen LogP contribution in [-0.2, 0) is 6.54 Å². The minimum absolute atomic E-state index is 1.06. The average Bonchev–Trinajstić information content (AvgIpc) is 1.99. The molecular formula is C8H12F6NP. The first-order chi connectivity index (χ1) is 6.79. The van der Waals surface area contributed by atoms with Gasteiger partial charge in [0.15, 0.2) is 11.9 Å². The molecule has 0 fully saturated rings. The third-order valence-electron chi connectivity index (χ3n) is 1.51. The molecule has 1 heterocycles. The van der Waals surface area contributed by atoms with E-state index >= 15 is 0 Å². The second-order valence-electron chi connectivity index (χ2n) is 3.09. The molecule has 0 atom stereocenters. The van der Waals surface area contributed by atoms with E-state index in [0.717, 1.165) is 6.54 Å². The molecule has 0 saturated carbocycles. The second-order valence-corrected chi connectivity index (χ2v) is 5.00. The third-order valence-corrected chi connectivity index (χ3v) is 1.51. The Morgan fingerprint density at radius 2 is 1.50 bits per heavy atom. The van der Waals surface area contributed by atoms with Crippen molar-refractivity contribution in [1.82, 2.24) is 0 Å². The predicted octanol–water partition coefficient (Wildman–Crippen LogP) is 4.68. The van der Waals surface area contributed by atoms with Crippen molar-refractivity contribution in [1.29, 1.82) is 0 Å². The van der Waals surface area contributed by atoms with Gasteiger partial charge >= 0.3 is 33.0 Å². The van der Waals surface area contributed by atoms with Crippen molar-refractivity contribution in [3.63, 3.8) is 0 Å². The zero-order valence-electron chi connectivity index (χ0n) is 8.68. The van der Waals surface area contributed by atoms with Crippen LogP contribution in [0.3, 0.4) is 0 Å². The molecule has 1 aromatic rings. The number of rotatable bonds is 1. The zero-order valence-corrected chi connectivity index (χ0v) is 9.57. The van der Waals surface area contributed by atoms with Gasteiger partial charge in [-0.1, -0.05) is 6.07 Å². The first kappa shape index (κ1) is 15.2. The molecule has 0 aliphatic rings. The normalized spacial score (nSPS) is 15.5. The number of halogens is 6. The Hall–Kier alpha value is -0.840. The number of hydrogen-bond acceptors (Lipinski definition) is 0. The molecule has 8 heteroatoms. The van der Waals surface area contributed by atoms with Gasteiger partial charge in [0.1, 0.15) is 6.54 Å². The van der Waals surface area contributed by atoms with E-state index in [9.17, 15) is 25.2 Å². The fourth-order valence-electron chi connectivity index (χ4n) is 0.917. The SMILES string of the molecule is CC[n+]1ccccc1C.F[P-](F)(F)(F)(F)F. The van der Waals surface area contributed by atoms with Crippen LogP contribution in [0.4, 0.5) is 25.2 Å². The predicted molar refractivity (Wildman–Crippen MR) is 50.6 cm³/mol. The van der Waals surface area contributed by atoms with E-state index in [1.165, 1.54) is 5.69 Å². The van der Waals surface area contributed by atoms with Gasteiger partial charge < -0.3 is 0 Å². The maximum atomic E-state index is 9.87. The fourth-order valence-corrected chi connectivity index (χ4v) is 0.917. The number of aromatic nitrogens is 1. The average molecular weight is 267 g/mol. The zero-order chi connectivity index (χ0) is 13.1. The van der Waals surface area contributed by atoms with E-state index in [4.69, 9.17) is 0 Å². The summed E-state index contributed by atoms with van der Waals surface area (Å²) in [5.41, 5.74) is 1.32. The fraction of sp³-hybridized carbons (Fsp3) is 0.375. The van der Waals surface area contributed by atoms with Gasteiger partial charge in [-0.25, -0.2) is 4.57 Å². The van der Waals surface area contributed by atoms with Crippen LogP contribution in [0, 0.1) is 6.92 Å². The molecule has 0 bridgehead atoms. The van der Waals surface area contributed by atoms with Crippen molar-refractivity contribution in [2.75, 3.05) is 0 Å². The van der Waals surface area contributed by atoms with Gasteiger partial charge in [-0.3, -0.25) is 0 Å². The van der Waals surface area contributed by atoms with Crippen LogP contribution in [0.5, 0.6) is 0 Å². The van der Waals surface area contributed by atoms with Gasteiger partial charge in [-0.15, -0.1) is 0 Å². The summed E-state index contributed by atoms with van der Waals surface area (Å²) in [5.74, 6) is 0. The van der Waals surface area contributed by atoms with Crippen molar-refractivity contribution in [3.05, 3.63) is 30.1 Å². The van der Waals surface area contributed by atoms with Gasteiger partial charge in [-0.2, -0.15) is 0 Å². The summed E-state index contributed by atoms with van der Waals surface area (Å²) in [5, 5.41) is 0. The summed E-state index contributed by atoms with van der Waals surface area (Å²) in [4.78, 5) is 0. The van der Waals surface area contributed by atoms with E-state index in [0.29, 0.717) is 0 Å². The molecule has 0 aromatic carbocycles. The summed E-state index contributed by atoms with van der Waals surface area (Å²) in [6.45, 7) is 5.32. The molecule has 1 aromatic heterocycles. The van der Waals surface area contributed by atoms with Crippen molar-refractivity contribution in [2.45, 2.75) is 20.4 Å². The summed E-state index contributed by atoms with van der Waals surface area (Å²) in [7, 11) is -10.7. The molecule has 1 rings (SSSR count). The van der Waals surface area contributed by atoms with Crippen molar-refractivity contribution >= 4 is 7.81 Å². The van der Waals surface area contributed by atoms with Crippen LogP contribution in [0.1, 0.15) is 12.6 Å². The van der Waals surface area contributed by atoms with E-state index in [1.807, 2.05) is 0 Å². The maximum absolute atomic E-state index is 10.7. The Kier molecular flexibility index (Phi) is 3.67. The van der Waals surface area contributed by atoms with Crippen LogP contribution < -0.4 is 4.57 Å². The minimum atomic E-state index is -10.7. The second kappa shape index (κ2) is 3.87. The van der Waals surface area contributed by atoms with Gasteiger partial charge in [0, 0.05) is 19.1 Å². The Morgan fingerprint density at radius 3 is 1.75 bits per heavy atom. The number of nitrogens with zero attached hydrogens (tertiary/aromatic N) is 1. The summed E-state index contributed by atoms with van der Waals surface area (Å²) in [6.07, 6.45) is 2.09. The topological polar surface area (TPSA) is 3.88 Å². The molecular weight excluding hydrogens is 255 g/mol. The molecule has 0 spiro atoms. The molecule has 0 amide bonds. The molecule has 96 valence electrons. The number of pyridine rings is 1. The van der Waals surface area contributed by atoms with E-state index < -0.39 is 7.81 Å². The molecule has 0 unspecified atom stereocenters. The molecule has 0 aliphatic heterocycles. The van der Waals surface area contributed by atoms with Gasteiger partial charge in [-0.05, 0) is 6.92 Å². The third kappa shape index (κ3) is 13.2. The number of aryl methyl sites for hydroxylation is 2. The van der Waals surface area contributed by atoms with Crippen molar-refractivity contribution < 1.29 is 29.7 Å². The Morgan fingerprint density at radius 1 is 1.06 bits per heavy atom. The number of hydrogen-bond donors (Lipinski definition) is 0. The van der Waals surface area contributed by atoms with E-state index in [1.54, 1.807) is 0 Å². The molecule has 16 heavy (non-hydrogen) atoms. The van der Waals surface area contributed by atoms with Gasteiger partial charge in [0.25, 0.3) is 0 Å². The van der Waals surface area contributed by atoms with Crippen molar-refractivity contribution in [3.8, 4) is 0 Å². The molecule has 0 aliphatic carbocycles. The van der Waals surface area contributed by atoms with Crippen LogP contribution in [0.15, 0.2) is 24.4 Å². The van der Waals surface area contributed by atoms with E-state index in [-0.39, 0.29) is 0 Å². The molecule has 0 N–H and O–H groups in total. The molecule has 0 saturated heterocycles. The van der Waals surface area contributed by atoms with Crippen LogP contribution in [0.2, 0.25) is 0 Å². The molecule has 1 nitrogen and oxygen atoms in total. The molecule has 0 radical (unpaired) electrons. The van der Waals surface area contributed by atoms with Crippen LogP contribution >= 0.6 is 7.81 Å². The monoisotopic (exact) mass is 267 g/mol. The van der Waals surface area contributed by atoms with Crippen LogP contribution in [0.25, 0.3) is 0 Å². The van der Waals surface area contributed by atoms with Gasteiger partial charge in [0.2, 0.25) is 0 Å². The summed E-state index contributed by atoms with van der Waals surface area (Å²) in [6, 6.07) is 6.22. The summed E-state index contributed by atoms with van der Waals surface area (Å²) >= 11 is 0.